The number of carbonyl (C=O) groups excluding carboxylic acids is 1. The highest BCUT2D eigenvalue weighted by atomic mass is 16.5. The Labute approximate surface area is 143 Å². The third-order valence-corrected chi connectivity index (χ3v) is 5.09. The number of nitrogens with zero attached hydrogens (tertiary/aromatic N) is 1. The van der Waals surface area contributed by atoms with Crippen molar-refractivity contribution in [2.75, 3.05) is 46.6 Å². The number of fused-ring (bicyclic) bond motifs is 1. The molecule has 24 heavy (non-hydrogen) atoms. The van der Waals surface area contributed by atoms with Gasteiger partial charge in [-0.25, -0.2) is 0 Å². The van der Waals surface area contributed by atoms with Crippen molar-refractivity contribution in [3.05, 3.63) is 23.7 Å². The van der Waals surface area contributed by atoms with Gasteiger partial charge in [0, 0.05) is 33.2 Å². The van der Waals surface area contributed by atoms with Gasteiger partial charge in [-0.1, -0.05) is 0 Å². The molecular formula is C18H28N2O4. The molecular weight excluding hydrogens is 308 g/mol. The number of carbonyl (C=O) groups is 1. The predicted molar refractivity (Wildman–Crippen MR) is 89.5 cm³/mol. The van der Waals surface area contributed by atoms with Crippen LogP contribution in [0.2, 0.25) is 0 Å². The van der Waals surface area contributed by atoms with E-state index in [4.69, 9.17) is 13.9 Å². The summed E-state index contributed by atoms with van der Waals surface area (Å²) in [6.07, 6.45) is 0.540. The number of furan rings is 1. The van der Waals surface area contributed by atoms with Crippen molar-refractivity contribution in [3.8, 4) is 0 Å². The van der Waals surface area contributed by atoms with Crippen molar-refractivity contribution >= 4 is 5.91 Å². The number of hydrogen-bond donors (Lipinski definition) is 1. The van der Waals surface area contributed by atoms with E-state index in [9.17, 15) is 4.79 Å². The van der Waals surface area contributed by atoms with Gasteiger partial charge in [0.05, 0.1) is 26.4 Å². The van der Waals surface area contributed by atoms with Crippen LogP contribution in [0.25, 0.3) is 0 Å². The molecule has 2 saturated heterocycles. The number of aryl methyl sites for hydroxylation is 1. The van der Waals surface area contributed by atoms with E-state index in [1.807, 2.05) is 13.0 Å². The number of rotatable bonds is 7. The molecule has 2 fully saturated rings. The monoisotopic (exact) mass is 336 g/mol. The van der Waals surface area contributed by atoms with Crippen molar-refractivity contribution in [1.29, 1.82) is 0 Å². The fraction of sp³-hybridized carbons (Fsp3) is 0.722. The van der Waals surface area contributed by atoms with Gasteiger partial charge in [0.25, 0.3) is 0 Å². The highest BCUT2D eigenvalue weighted by molar-refractivity contribution is 5.76. The lowest BCUT2D eigenvalue weighted by molar-refractivity contribution is -0.124. The van der Waals surface area contributed by atoms with E-state index in [2.05, 4.69) is 16.3 Å². The van der Waals surface area contributed by atoms with Crippen LogP contribution in [-0.4, -0.2) is 57.4 Å². The molecule has 0 radical (unpaired) electrons. The summed E-state index contributed by atoms with van der Waals surface area (Å²) in [5, 5.41) is 2.92. The summed E-state index contributed by atoms with van der Waals surface area (Å²) in [7, 11) is 1.64. The largest absolute Gasteiger partial charge is 0.465 e. The average molecular weight is 336 g/mol. The second kappa shape index (κ2) is 8.14. The molecule has 6 heteroatoms. The molecule has 6 nitrogen and oxygen atoms in total. The molecule has 2 aliphatic rings. The molecule has 3 atom stereocenters. The lowest BCUT2D eigenvalue weighted by Crippen LogP contribution is -2.38. The maximum atomic E-state index is 12.1. The number of methoxy groups -OCH3 is 1. The predicted octanol–water partition coefficient (Wildman–Crippen LogP) is 1.44. The van der Waals surface area contributed by atoms with Crippen LogP contribution in [0, 0.1) is 24.7 Å². The number of ether oxygens (including phenoxy) is 2. The van der Waals surface area contributed by atoms with Crippen molar-refractivity contribution in [2.45, 2.75) is 19.9 Å². The van der Waals surface area contributed by atoms with E-state index in [1.54, 1.807) is 7.11 Å². The Morgan fingerprint density at radius 2 is 2.25 bits per heavy atom. The average Bonchev–Trinajstić information content (AvgIpc) is 3.14. The van der Waals surface area contributed by atoms with Gasteiger partial charge in [0.2, 0.25) is 5.91 Å². The van der Waals surface area contributed by atoms with Crippen LogP contribution in [0.15, 0.2) is 16.5 Å². The zero-order valence-corrected chi connectivity index (χ0v) is 14.6. The normalized spacial score (nSPS) is 27.2. The molecule has 0 bridgehead atoms. The van der Waals surface area contributed by atoms with E-state index in [0.29, 0.717) is 43.9 Å². The van der Waals surface area contributed by atoms with Crippen molar-refractivity contribution in [1.82, 2.24) is 10.2 Å². The second-order valence-corrected chi connectivity index (χ2v) is 6.97. The molecule has 0 aliphatic carbocycles. The number of nitrogens with one attached hydrogen (secondary N) is 1. The summed E-state index contributed by atoms with van der Waals surface area (Å²) < 4.78 is 16.4. The van der Waals surface area contributed by atoms with Crippen LogP contribution >= 0.6 is 0 Å². The summed E-state index contributed by atoms with van der Waals surface area (Å²) in [6.45, 7) is 7.46. The van der Waals surface area contributed by atoms with Crippen LogP contribution in [0.3, 0.4) is 0 Å². The fourth-order valence-electron chi connectivity index (χ4n) is 3.93. The molecule has 0 spiro atoms. The van der Waals surface area contributed by atoms with Gasteiger partial charge < -0.3 is 19.2 Å². The third-order valence-electron chi connectivity index (χ3n) is 5.09. The Balaban J connectivity index is 1.52. The maximum absolute atomic E-state index is 12.1. The highest BCUT2D eigenvalue weighted by Crippen LogP contribution is 2.36. The van der Waals surface area contributed by atoms with E-state index < -0.39 is 0 Å². The van der Waals surface area contributed by atoms with Crippen LogP contribution in [-0.2, 0) is 20.8 Å². The summed E-state index contributed by atoms with van der Waals surface area (Å²) in [5.74, 6) is 3.42. The molecule has 3 heterocycles. The van der Waals surface area contributed by atoms with Gasteiger partial charge in [0.1, 0.15) is 11.5 Å². The van der Waals surface area contributed by atoms with Gasteiger partial charge in [-0.15, -0.1) is 0 Å². The molecule has 0 unspecified atom stereocenters. The molecule has 1 aromatic heterocycles. The first-order chi connectivity index (χ1) is 11.7. The maximum Gasteiger partial charge on any atom is 0.220 e. The lowest BCUT2D eigenvalue weighted by Gasteiger charge is -2.32. The fourth-order valence-corrected chi connectivity index (χ4v) is 3.93. The van der Waals surface area contributed by atoms with Crippen LogP contribution < -0.4 is 5.32 Å². The molecule has 0 aromatic carbocycles. The number of likely N-dealkylation sites (tertiary alicyclic amines) is 1. The number of amides is 1. The van der Waals surface area contributed by atoms with Gasteiger partial charge in [-0.2, -0.15) is 0 Å². The molecule has 1 amide bonds. The Kier molecular flexibility index (Phi) is 5.92. The molecule has 1 N–H and O–H groups in total. The van der Waals surface area contributed by atoms with E-state index >= 15 is 0 Å². The molecule has 1 aromatic rings. The topological polar surface area (TPSA) is 63.9 Å². The van der Waals surface area contributed by atoms with Gasteiger partial charge in [0.15, 0.2) is 0 Å². The van der Waals surface area contributed by atoms with Crippen molar-refractivity contribution in [3.63, 3.8) is 0 Å². The summed E-state index contributed by atoms with van der Waals surface area (Å²) in [4.78, 5) is 14.5. The quantitative estimate of drug-likeness (QED) is 0.763. The Hall–Kier alpha value is -1.37. The van der Waals surface area contributed by atoms with Crippen LogP contribution in [0.5, 0.6) is 0 Å². The molecule has 0 saturated carbocycles. The van der Waals surface area contributed by atoms with Crippen molar-refractivity contribution in [2.24, 2.45) is 17.8 Å². The summed E-state index contributed by atoms with van der Waals surface area (Å²) in [5.41, 5.74) is 0. The van der Waals surface area contributed by atoms with E-state index in [-0.39, 0.29) is 5.91 Å². The minimum absolute atomic E-state index is 0.0985. The first-order valence-electron chi connectivity index (χ1n) is 8.76. The van der Waals surface area contributed by atoms with Crippen LogP contribution in [0.4, 0.5) is 0 Å². The Morgan fingerprint density at radius 1 is 1.38 bits per heavy atom. The number of hydrogen-bond acceptors (Lipinski definition) is 5. The first-order valence-corrected chi connectivity index (χ1v) is 8.76. The molecule has 134 valence electrons. The lowest BCUT2D eigenvalue weighted by atomic mass is 9.81. The minimum atomic E-state index is 0.0985. The second-order valence-electron chi connectivity index (χ2n) is 6.97. The Morgan fingerprint density at radius 3 is 3.00 bits per heavy atom. The van der Waals surface area contributed by atoms with E-state index in [0.717, 1.165) is 37.8 Å². The van der Waals surface area contributed by atoms with Gasteiger partial charge >= 0.3 is 0 Å². The zero-order chi connectivity index (χ0) is 16.9. The zero-order valence-electron chi connectivity index (χ0n) is 14.6. The smallest absolute Gasteiger partial charge is 0.220 e. The summed E-state index contributed by atoms with van der Waals surface area (Å²) in [6, 6.07) is 4.06. The molecule has 2 aliphatic heterocycles. The SMILES string of the molecule is COCCNC(=O)C[C@@H]1COC[C@H]2CN(Cc3ccc(C)o3)C[C@@H]12. The van der Waals surface area contributed by atoms with Crippen molar-refractivity contribution < 1.29 is 18.7 Å². The van der Waals surface area contributed by atoms with E-state index in [1.165, 1.54) is 0 Å². The highest BCUT2D eigenvalue weighted by Gasteiger charge is 2.41. The minimum Gasteiger partial charge on any atom is -0.465 e. The van der Waals surface area contributed by atoms with Crippen LogP contribution in [0.1, 0.15) is 17.9 Å². The van der Waals surface area contributed by atoms with Gasteiger partial charge in [-0.3, -0.25) is 9.69 Å². The Bertz CT molecular complexity index is 545. The standard InChI is InChI=1S/C18H28N2O4/c1-13-3-4-16(24-13)9-20-8-15-12-23-11-14(17(15)10-20)7-18(21)19-5-6-22-2/h3-4,14-15,17H,5-12H2,1-2H3,(H,19,21)/t14-,15-,17+/m1/s1. The molecule has 3 rings (SSSR count). The van der Waals surface area contributed by atoms with Gasteiger partial charge in [-0.05, 0) is 36.8 Å². The third kappa shape index (κ3) is 4.37. The first kappa shape index (κ1) is 17.5. The summed E-state index contributed by atoms with van der Waals surface area (Å²) >= 11 is 0.